The lowest BCUT2D eigenvalue weighted by atomic mass is 10.2. The third-order valence-electron chi connectivity index (χ3n) is 3.11. The maximum atomic E-state index is 13.2. The minimum atomic E-state index is -0.345. The van der Waals surface area contributed by atoms with Crippen molar-refractivity contribution in [3.8, 4) is 0 Å². The third kappa shape index (κ3) is 2.86. The van der Waals surface area contributed by atoms with Crippen molar-refractivity contribution in [1.82, 2.24) is 9.66 Å². The average Bonchev–Trinajstić information content (AvgIpc) is 2.94. The molecule has 2 aromatic heterocycles. The van der Waals surface area contributed by atoms with Crippen molar-refractivity contribution < 1.29 is 4.39 Å². The Morgan fingerprint density at radius 1 is 1.45 bits per heavy atom. The first-order valence-electron chi connectivity index (χ1n) is 6.58. The fraction of sp³-hybridized carbons (Fsp3) is 0.133. The van der Waals surface area contributed by atoms with Crippen molar-refractivity contribution in [2.45, 2.75) is 13.3 Å². The molecule has 0 unspecified atom stereocenters. The second-order valence-electron chi connectivity index (χ2n) is 4.60. The van der Waals surface area contributed by atoms with Gasteiger partial charge in [0.2, 0.25) is 0 Å². The smallest absolute Gasteiger partial charge is 0.267 e. The standard InChI is InChI=1S/C15H11BrFN3OS/c1-2-10-6-11-14(22-10)18-8-20(15(11)21)19-7-9-3-4-13(17)12(16)5-9/h3-8H,2H2,1H3/b19-7-. The van der Waals surface area contributed by atoms with Gasteiger partial charge < -0.3 is 0 Å². The zero-order chi connectivity index (χ0) is 15.7. The number of nitrogens with zero attached hydrogens (tertiary/aromatic N) is 3. The summed E-state index contributed by atoms with van der Waals surface area (Å²) in [6.45, 7) is 2.04. The highest BCUT2D eigenvalue weighted by molar-refractivity contribution is 9.10. The van der Waals surface area contributed by atoms with Gasteiger partial charge in [0.25, 0.3) is 5.56 Å². The molecule has 1 aromatic carbocycles. The molecular formula is C15H11BrFN3OS. The van der Waals surface area contributed by atoms with Crippen LogP contribution in [0.25, 0.3) is 10.2 Å². The maximum Gasteiger partial charge on any atom is 0.282 e. The minimum absolute atomic E-state index is 0.210. The topological polar surface area (TPSA) is 47.2 Å². The molecule has 4 nitrogen and oxygen atoms in total. The summed E-state index contributed by atoms with van der Waals surface area (Å²) in [7, 11) is 0. The second-order valence-corrected chi connectivity index (χ2v) is 6.57. The Bertz CT molecular complexity index is 932. The van der Waals surface area contributed by atoms with Gasteiger partial charge in [0.15, 0.2) is 0 Å². The van der Waals surface area contributed by atoms with Gasteiger partial charge in [-0.3, -0.25) is 4.79 Å². The Balaban J connectivity index is 1.99. The third-order valence-corrected chi connectivity index (χ3v) is 4.90. The number of benzene rings is 1. The van der Waals surface area contributed by atoms with E-state index in [2.05, 4.69) is 26.0 Å². The lowest BCUT2D eigenvalue weighted by molar-refractivity contribution is 0.621. The molecule has 0 fully saturated rings. The van der Waals surface area contributed by atoms with Crippen LogP contribution in [0.1, 0.15) is 17.4 Å². The molecule has 0 bridgehead atoms. The van der Waals surface area contributed by atoms with Crippen molar-refractivity contribution in [3.63, 3.8) is 0 Å². The van der Waals surface area contributed by atoms with Crippen LogP contribution < -0.4 is 5.56 Å². The Morgan fingerprint density at radius 2 is 2.27 bits per heavy atom. The molecule has 7 heteroatoms. The van der Waals surface area contributed by atoms with Gasteiger partial charge in [-0.25, -0.2) is 9.37 Å². The van der Waals surface area contributed by atoms with E-state index in [1.165, 1.54) is 34.6 Å². The molecule has 0 N–H and O–H groups in total. The number of thiophene rings is 1. The lowest BCUT2D eigenvalue weighted by Crippen LogP contribution is -2.16. The zero-order valence-corrected chi connectivity index (χ0v) is 14.0. The number of aryl methyl sites for hydroxylation is 1. The summed E-state index contributed by atoms with van der Waals surface area (Å²) in [6.07, 6.45) is 3.76. The van der Waals surface area contributed by atoms with Crippen LogP contribution in [0.2, 0.25) is 0 Å². The molecule has 2 heterocycles. The summed E-state index contributed by atoms with van der Waals surface area (Å²) in [5, 5.41) is 4.68. The number of aromatic nitrogens is 2. The molecule has 3 aromatic rings. The fourth-order valence-electron chi connectivity index (χ4n) is 1.94. The SMILES string of the molecule is CCc1cc2c(=O)n(/N=C\c3ccc(F)c(Br)c3)cnc2s1. The van der Waals surface area contributed by atoms with Crippen LogP contribution in [0.5, 0.6) is 0 Å². The molecule has 0 amide bonds. The molecule has 0 atom stereocenters. The largest absolute Gasteiger partial charge is 0.282 e. The molecule has 0 saturated heterocycles. The van der Waals surface area contributed by atoms with Crippen molar-refractivity contribution in [3.05, 3.63) is 61.7 Å². The van der Waals surface area contributed by atoms with E-state index in [1.54, 1.807) is 12.1 Å². The van der Waals surface area contributed by atoms with Gasteiger partial charge in [0.05, 0.1) is 16.1 Å². The molecule has 0 aliphatic heterocycles. The van der Waals surface area contributed by atoms with Gasteiger partial charge in [0, 0.05) is 4.88 Å². The van der Waals surface area contributed by atoms with Crippen molar-refractivity contribution in [2.24, 2.45) is 5.10 Å². The number of hydrogen-bond donors (Lipinski definition) is 0. The second kappa shape index (κ2) is 6.10. The molecule has 22 heavy (non-hydrogen) atoms. The summed E-state index contributed by atoms with van der Waals surface area (Å²) in [5.74, 6) is -0.345. The van der Waals surface area contributed by atoms with Gasteiger partial charge in [-0.05, 0) is 46.1 Å². The van der Waals surface area contributed by atoms with E-state index in [-0.39, 0.29) is 11.4 Å². The molecule has 0 aliphatic rings. The van der Waals surface area contributed by atoms with E-state index in [4.69, 9.17) is 0 Å². The van der Waals surface area contributed by atoms with Crippen molar-refractivity contribution in [2.75, 3.05) is 0 Å². The van der Waals surface area contributed by atoms with E-state index < -0.39 is 0 Å². The Morgan fingerprint density at radius 3 is 3.00 bits per heavy atom. The first-order valence-corrected chi connectivity index (χ1v) is 8.19. The van der Waals surface area contributed by atoms with Gasteiger partial charge >= 0.3 is 0 Å². The first-order chi connectivity index (χ1) is 10.6. The predicted octanol–water partition coefficient (Wildman–Crippen LogP) is 3.80. The maximum absolute atomic E-state index is 13.2. The fourth-order valence-corrected chi connectivity index (χ4v) is 3.26. The summed E-state index contributed by atoms with van der Waals surface area (Å²) in [6, 6.07) is 6.37. The Kier molecular flexibility index (Phi) is 4.17. The number of hydrogen-bond acceptors (Lipinski definition) is 4. The average molecular weight is 380 g/mol. The Hall–Kier alpha value is -1.86. The van der Waals surface area contributed by atoms with Crippen molar-refractivity contribution in [1.29, 1.82) is 0 Å². The van der Waals surface area contributed by atoms with E-state index in [9.17, 15) is 9.18 Å². The highest BCUT2D eigenvalue weighted by Gasteiger charge is 2.07. The normalized spacial score (nSPS) is 11.6. The summed E-state index contributed by atoms with van der Waals surface area (Å²) < 4.78 is 14.7. The lowest BCUT2D eigenvalue weighted by Gasteiger charge is -1.98. The summed E-state index contributed by atoms with van der Waals surface area (Å²) in [5.41, 5.74) is 0.471. The zero-order valence-electron chi connectivity index (χ0n) is 11.6. The van der Waals surface area contributed by atoms with Gasteiger partial charge in [-0.15, -0.1) is 11.3 Å². The molecule has 0 spiro atoms. The molecule has 112 valence electrons. The molecular weight excluding hydrogens is 369 g/mol. The van der Waals surface area contributed by atoms with Crippen LogP contribution in [-0.2, 0) is 6.42 Å². The quantitative estimate of drug-likeness (QED) is 0.649. The predicted molar refractivity (Wildman–Crippen MR) is 90.4 cm³/mol. The molecule has 0 radical (unpaired) electrons. The van der Waals surface area contributed by atoms with Gasteiger partial charge in [-0.1, -0.05) is 13.0 Å². The van der Waals surface area contributed by atoms with Crippen LogP contribution in [0.15, 0.2) is 45.0 Å². The van der Waals surface area contributed by atoms with Crippen LogP contribution in [0, 0.1) is 5.82 Å². The van der Waals surface area contributed by atoms with Crippen LogP contribution in [0.3, 0.4) is 0 Å². The van der Waals surface area contributed by atoms with E-state index in [0.717, 1.165) is 16.1 Å². The number of halogens is 2. The minimum Gasteiger partial charge on any atom is -0.267 e. The molecule has 0 saturated carbocycles. The van der Waals surface area contributed by atoms with Crippen molar-refractivity contribution >= 4 is 43.7 Å². The molecule has 0 aliphatic carbocycles. The Labute approximate surface area is 138 Å². The highest BCUT2D eigenvalue weighted by Crippen LogP contribution is 2.21. The van der Waals surface area contributed by atoms with E-state index >= 15 is 0 Å². The number of rotatable bonds is 3. The van der Waals surface area contributed by atoms with E-state index in [1.807, 2.05) is 13.0 Å². The van der Waals surface area contributed by atoms with Crippen LogP contribution in [-0.4, -0.2) is 15.9 Å². The molecule has 3 rings (SSSR count). The highest BCUT2D eigenvalue weighted by atomic mass is 79.9. The first kappa shape index (κ1) is 15.1. The summed E-state index contributed by atoms with van der Waals surface area (Å²) >= 11 is 4.63. The van der Waals surface area contributed by atoms with Crippen LogP contribution >= 0.6 is 27.3 Å². The number of fused-ring (bicyclic) bond motifs is 1. The van der Waals surface area contributed by atoms with E-state index in [0.29, 0.717) is 15.4 Å². The summed E-state index contributed by atoms with van der Waals surface area (Å²) in [4.78, 5) is 18.4. The monoisotopic (exact) mass is 379 g/mol. The van der Waals surface area contributed by atoms with Crippen LogP contribution in [0.4, 0.5) is 4.39 Å². The van der Waals surface area contributed by atoms with Gasteiger partial charge in [-0.2, -0.15) is 9.78 Å². The van der Waals surface area contributed by atoms with Gasteiger partial charge in [0.1, 0.15) is 17.0 Å².